The van der Waals surface area contributed by atoms with Crippen LogP contribution in [-0.2, 0) is 13.5 Å². The molecular weight excluding hydrogens is 212 g/mol. The van der Waals surface area contributed by atoms with Crippen molar-refractivity contribution in [1.29, 1.82) is 0 Å². The first kappa shape index (κ1) is 10.9. The molecule has 1 aliphatic rings. The second-order valence-electron chi connectivity index (χ2n) is 4.57. The van der Waals surface area contributed by atoms with E-state index in [2.05, 4.69) is 15.4 Å². The van der Waals surface area contributed by atoms with Crippen molar-refractivity contribution in [2.45, 2.75) is 38.5 Å². The number of tetrazole rings is 1. The molecule has 1 saturated carbocycles. The van der Waals surface area contributed by atoms with Gasteiger partial charge in [0.05, 0.1) is 7.05 Å². The fourth-order valence-electron chi connectivity index (χ4n) is 2.39. The Morgan fingerprint density at radius 3 is 2.60 bits per heavy atom. The third-order valence-electron chi connectivity index (χ3n) is 3.28. The Morgan fingerprint density at radius 2 is 2.07 bits per heavy atom. The highest BCUT2D eigenvalue weighted by molar-refractivity contribution is 6.18. The summed E-state index contributed by atoms with van der Waals surface area (Å²) in [7, 11) is 1.80. The second kappa shape index (κ2) is 4.47. The summed E-state index contributed by atoms with van der Waals surface area (Å²) in [4.78, 5) is 1.51. The van der Waals surface area contributed by atoms with Crippen LogP contribution in [0, 0.1) is 5.41 Å². The van der Waals surface area contributed by atoms with Crippen LogP contribution in [0.5, 0.6) is 0 Å². The minimum Gasteiger partial charge on any atom is -0.167 e. The van der Waals surface area contributed by atoms with Crippen molar-refractivity contribution in [2.75, 3.05) is 5.88 Å². The largest absolute Gasteiger partial charge is 0.175 e. The van der Waals surface area contributed by atoms with Gasteiger partial charge < -0.3 is 0 Å². The zero-order valence-corrected chi connectivity index (χ0v) is 9.87. The molecule has 1 fully saturated rings. The van der Waals surface area contributed by atoms with Gasteiger partial charge in [-0.2, -0.15) is 4.80 Å². The fraction of sp³-hybridized carbons (Fsp3) is 0.900. The van der Waals surface area contributed by atoms with Crippen LogP contribution in [0.4, 0.5) is 0 Å². The SMILES string of the molecule is Cn1nnc(CC2(CCl)CCCCC2)n1. The lowest BCUT2D eigenvalue weighted by Crippen LogP contribution is -2.29. The molecule has 4 nitrogen and oxygen atoms in total. The van der Waals surface area contributed by atoms with Gasteiger partial charge in [-0.1, -0.05) is 19.3 Å². The standard InChI is InChI=1S/C10H17ClN4/c1-15-13-9(12-14-15)7-10(8-11)5-3-2-4-6-10/h2-8H2,1H3. The second-order valence-corrected chi connectivity index (χ2v) is 4.83. The van der Waals surface area contributed by atoms with Crippen LogP contribution in [0.3, 0.4) is 0 Å². The fourth-order valence-corrected chi connectivity index (χ4v) is 2.75. The van der Waals surface area contributed by atoms with Gasteiger partial charge in [0.15, 0.2) is 5.82 Å². The Kier molecular flexibility index (Phi) is 3.24. The van der Waals surface area contributed by atoms with Gasteiger partial charge in [0.1, 0.15) is 0 Å². The smallest absolute Gasteiger partial charge is 0.167 e. The highest BCUT2D eigenvalue weighted by Crippen LogP contribution is 2.39. The molecular formula is C10H17ClN4. The third-order valence-corrected chi connectivity index (χ3v) is 3.85. The van der Waals surface area contributed by atoms with Gasteiger partial charge in [0.2, 0.25) is 0 Å². The summed E-state index contributed by atoms with van der Waals surface area (Å²) in [6.07, 6.45) is 7.19. The summed E-state index contributed by atoms with van der Waals surface area (Å²) in [5, 5.41) is 12.1. The van der Waals surface area contributed by atoms with E-state index in [0.29, 0.717) is 5.88 Å². The van der Waals surface area contributed by atoms with Crippen LogP contribution in [0.2, 0.25) is 0 Å². The summed E-state index contributed by atoms with van der Waals surface area (Å²) in [5.74, 6) is 1.55. The van der Waals surface area contributed by atoms with Gasteiger partial charge in [-0.3, -0.25) is 0 Å². The first-order chi connectivity index (χ1) is 7.24. The van der Waals surface area contributed by atoms with E-state index in [4.69, 9.17) is 11.6 Å². The van der Waals surface area contributed by atoms with Gasteiger partial charge >= 0.3 is 0 Å². The highest BCUT2D eigenvalue weighted by atomic mass is 35.5. The quantitative estimate of drug-likeness (QED) is 0.743. The molecule has 1 aromatic heterocycles. The van der Waals surface area contributed by atoms with Crippen LogP contribution in [0.1, 0.15) is 37.9 Å². The van der Waals surface area contributed by atoms with E-state index in [1.807, 2.05) is 0 Å². The van der Waals surface area contributed by atoms with Crippen LogP contribution < -0.4 is 0 Å². The lowest BCUT2D eigenvalue weighted by atomic mass is 9.73. The minimum absolute atomic E-state index is 0.225. The van der Waals surface area contributed by atoms with Crippen molar-refractivity contribution in [3.8, 4) is 0 Å². The number of rotatable bonds is 3. The molecule has 0 atom stereocenters. The van der Waals surface area contributed by atoms with Gasteiger partial charge in [-0.25, -0.2) is 0 Å². The Balaban J connectivity index is 2.06. The molecule has 0 bridgehead atoms. The maximum Gasteiger partial charge on any atom is 0.175 e. The van der Waals surface area contributed by atoms with E-state index < -0.39 is 0 Å². The molecule has 84 valence electrons. The summed E-state index contributed by atoms with van der Waals surface area (Å²) in [6.45, 7) is 0. The Labute approximate surface area is 95.0 Å². The zero-order valence-electron chi connectivity index (χ0n) is 9.12. The van der Waals surface area contributed by atoms with E-state index in [9.17, 15) is 0 Å². The predicted octanol–water partition coefficient (Wildman–Crippen LogP) is 1.94. The molecule has 15 heavy (non-hydrogen) atoms. The third kappa shape index (κ3) is 2.48. The Bertz CT molecular complexity index is 317. The van der Waals surface area contributed by atoms with Crippen molar-refractivity contribution in [3.05, 3.63) is 5.82 Å². The first-order valence-electron chi connectivity index (χ1n) is 5.53. The molecule has 0 radical (unpaired) electrons. The van der Waals surface area contributed by atoms with Gasteiger partial charge in [-0.05, 0) is 23.5 Å². The van der Waals surface area contributed by atoms with E-state index in [1.165, 1.54) is 36.9 Å². The van der Waals surface area contributed by atoms with Gasteiger partial charge in [0.25, 0.3) is 0 Å². The normalized spacial score (nSPS) is 20.4. The average molecular weight is 229 g/mol. The molecule has 0 aromatic carbocycles. The van der Waals surface area contributed by atoms with E-state index >= 15 is 0 Å². The molecule has 2 rings (SSSR count). The highest BCUT2D eigenvalue weighted by Gasteiger charge is 2.32. The number of alkyl halides is 1. The molecule has 5 heteroatoms. The van der Waals surface area contributed by atoms with E-state index in [0.717, 1.165) is 12.2 Å². The Hall–Kier alpha value is -0.640. The van der Waals surface area contributed by atoms with Crippen LogP contribution >= 0.6 is 11.6 Å². The summed E-state index contributed by atoms with van der Waals surface area (Å²) < 4.78 is 0. The average Bonchev–Trinajstić information content (AvgIpc) is 2.65. The molecule has 0 aliphatic heterocycles. The van der Waals surface area contributed by atoms with Crippen molar-refractivity contribution in [1.82, 2.24) is 20.2 Å². The minimum atomic E-state index is 0.225. The molecule has 0 saturated heterocycles. The molecule has 1 aromatic rings. The maximum atomic E-state index is 6.11. The van der Waals surface area contributed by atoms with Crippen molar-refractivity contribution in [3.63, 3.8) is 0 Å². The van der Waals surface area contributed by atoms with Crippen molar-refractivity contribution >= 4 is 11.6 Å². The number of aryl methyl sites for hydroxylation is 1. The van der Waals surface area contributed by atoms with E-state index in [1.54, 1.807) is 7.05 Å². The Morgan fingerprint density at radius 1 is 1.33 bits per heavy atom. The number of nitrogens with zero attached hydrogens (tertiary/aromatic N) is 4. The summed E-state index contributed by atoms with van der Waals surface area (Å²) in [5.41, 5.74) is 0.225. The molecule has 0 unspecified atom stereocenters. The first-order valence-corrected chi connectivity index (χ1v) is 6.06. The van der Waals surface area contributed by atoms with Crippen LogP contribution in [-0.4, -0.2) is 26.1 Å². The lowest BCUT2D eigenvalue weighted by molar-refractivity contribution is 0.215. The number of hydrogen-bond acceptors (Lipinski definition) is 3. The maximum absolute atomic E-state index is 6.11. The molecule has 0 N–H and O–H groups in total. The van der Waals surface area contributed by atoms with Gasteiger partial charge in [0, 0.05) is 12.3 Å². The lowest BCUT2D eigenvalue weighted by Gasteiger charge is -2.34. The summed E-state index contributed by atoms with van der Waals surface area (Å²) in [6, 6.07) is 0. The van der Waals surface area contributed by atoms with Crippen molar-refractivity contribution in [2.24, 2.45) is 12.5 Å². The van der Waals surface area contributed by atoms with Crippen LogP contribution in [0.15, 0.2) is 0 Å². The number of hydrogen-bond donors (Lipinski definition) is 0. The molecule has 1 aliphatic carbocycles. The number of halogens is 1. The van der Waals surface area contributed by atoms with Crippen LogP contribution in [0.25, 0.3) is 0 Å². The van der Waals surface area contributed by atoms with E-state index in [-0.39, 0.29) is 5.41 Å². The molecule has 0 amide bonds. The molecule has 0 spiro atoms. The monoisotopic (exact) mass is 228 g/mol. The predicted molar refractivity (Wildman–Crippen MR) is 58.7 cm³/mol. The summed E-state index contributed by atoms with van der Waals surface area (Å²) >= 11 is 6.11. The number of aromatic nitrogens is 4. The van der Waals surface area contributed by atoms with Crippen molar-refractivity contribution < 1.29 is 0 Å². The topological polar surface area (TPSA) is 43.6 Å². The zero-order chi connectivity index (χ0) is 10.7. The molecule has 1 heterocycles. The van der Waals surface area contributed by atoms with Gasteiger partial charge in [-0.15, -0.1) is 21.8 Å².